The molecule has 0 N–H and O–H groups in total. The Balaban J connectivity index is 2.14. The monoisotopic (exact) mass is 276 g/mol. The van der Waals surface area contributed by atoms with Crippen molar-refractivity contribution in [3.63, 3.8) is 0 Å². The third-order valence-corrected chi connectivity index (χ3v) is 2.51. The van der Waals surface area contributed by atoms with Crippen LogP contribution < -0.4 is 0 Å². The van der Waals surface area contributed by atoms with Gasteiger partial charge in [0.25, 0.3) is 0 Å². The van der Waals surface area contributed by atoms with E-state index in [2.05, 4.69) is 25.9 Å². The molecule has 0 bridgehead atoms. The predicted octanol–water partition coefficient (Wildman–Crippen LogP) is 2.66. The molecule has 0 aliphatic heterocycles. The first-order chi connectivity index (χ1) is 7.75. The lowest BCUT2D eigenvalue weighted by atomic mass is 10.1. The summed E-state index contributed by atoms with van der Waals surface area (Å²) in [4.78, 5) is 19.8. The zero-order valence-corrected chi connectivity index (χ0v) is 10.0. The van der Waals surface area contributed by atoms with E-state index in [-0.39, 0.29) is 5.78 Å². The van der Waals surface area contributed by atoms with Gasteiger partial charge < -0.3 is 0 Å². The van der Waals surface area contributed by atoms with E-state index in [0.717, 1.165) is 10.0 Å². The second-order valence-corrected chi connectivity index (χ2v) is 4.24. The van der Waals surface area contributed by atoms with E-state index in [1.54, 1.807) is 36.8 Å². The average Bonchev–Trinajstić information content (AvgIpc) is 2.30. The molecule has 2 aromatic rings. The zero-order valence-electron chi connectivity index (χ0n) is 8.43. The Labute approximate surface area is 102 Å². The maximum absolute atomic E-state index is 11.8. The van der Waals surface area contributed by atoms with Gasteiger partial charge in [-0.25, -0.2) is 0 Å². The molecule has 0 aliphatic carbocycles. The number of halogens is 1. The lowest BCUT2D eigenvalue weighted by molar-refractivity contribution is 0.0988. The third kappa shape index (κ3) is 2.73. The SMILES string of the molecule is O=C(Cc1cncc(Br)c1)c1ccccn1. The molecule has 0 aliphatic rings. The number of carbonyl (C=O) groups excluding carboxylic acids is 1. The molecule has 0 spiro atoms. The van der Waals surface area contributed by atoms with Crippen molar-refractivity contribution in [3.8, 4) is 0 Å². The molecule has 3 nitrogen and oxygen atoms in total. The van der Waals surface area contributed by atoms with Gasteiger partial charge in [0.05, 0.1) is 0 Å². The molecule has 0 atom stereocenters. The summed E-state index contributed by atoms with van der Waals surface area (Å²) >= 11 is 3.32. The molecular formula is C12H9BrN2O. The molecule has 0 amide bonds. The Kier molecular flexibility index (Phi) is 3.41. The van der Waals surface area contributed by atoms with Crippen LogP contribution in [-0.2, 0) is 6.42 Å². The van der Waals surface area contributed by atoms with Crippen molar-refractivity contribution in [2.75, 3.05) is 0 Å². The molecule has 16 heavy (non-hydrogen) atoms. The first-order valence-corrected chi connectivity index (χ1v) is 5.58. The van der Waals surface area contributed by atoms with Crippen LogP contribution in [0.5, 0.6) is 0 Å². The van der Waals surface area contributed by atoms with Crippen LogP contribution in [0.15, 0.2) is 47.3 Å². The van der Waals surface area contributed by atoms with Gasteiger partial charge in [0.15, 0.2) is 5.78 Å². The lowest BCUT2D eigenvalue weighted by Crippen LogP contribution is -2.05. The fourth-order valence-electron chi connectivity index (χ4n) is 1.36. The molecule has 2 rings (SSSR count). The highest BCUT2D eigenvalue weighted by atomic mass is 79.9. The van der Waals surface area contributed by atoms with Crippen LogP contribution >= 0.6 is 15.9 Å². The van der Waals surface area contributed by atoms with Crippen molar-refractivity contribution in [3.05, 3.63) is 58.6 Å². The Morgan fingerprint density at radius 2 is 2.19 bits per heavy atom. The Hall–Kier alpha value is -1.55. The Morgan fingerprint density at radius 1 is 1.31 bits per heavy atom. The highest BCUT2D eigenvalue weighted by Gasteiger charge is 2.07. The molecule has 80 valence electrons. The molecule has 0 fully saturated rings. The standard InChI is InChI=1S/C12H9BrN2O/c13-10-5-9(7-14-8-10)6-12(16)11-3-1-2-4-15-11/h1-5,7-8H,6H2. The summed E-state index contributed by atoms with van der Waals surface area (Å²) in [5.41, 5.74) is 1.37. The second-order valence-electron chi connectivity index (χ2n) is 3.33. The van der Waals surface area contributed by atoms with Crippen LogP contribution in [0.1, 0.15) is 16.1 Å². The Morgan fingerprint density at radius 3 is 2.88 bits per heavy atom. The normalized spacial score (nSPS) is 10.1. The summed E-state index contributed by atoms with van der Waals surface area (Å²) < 4.78 is 0.874. The number of ketones is 1. The maximum atomic E-state index is 11.8. The van der Waals surface area contributed by atoms with Crippen LogP contribution in [0, 0.1) is 0 Å². The largest absolute Gasteiger partial charge is 0.292 e. The summed E-state index contributed by atoms with van der Waals surface area (Å²) in [6.45, 7) is 0. The minimum atomic E-state index is 0.000463. The third-order valence-electron chi connectivity index (χ3n) is 2.08. The van der Waals surface area contributed by atoms with Crippen LogP contribution in [0.3, 0.4) is 0 Å². The van der Waals surface area contributed by atoms with Crippen LogP contribution in [0.2, 0.25) is 0 Å². The van der Waals surface area contributed by atoms with Crippen LogP contribution in [-0.4, -0.2) is 15.8 Å². The van der Waals surface area contributed by atoms with E-state index in [0.29, 0.717) is 12.1 Å². The molecule has 2 aromatic heterocycles. The van der Waals surface area contributed by atoms with Crippen molar-refractivity contribution in [1.82, 2.24) is 9.97 Å². The molecule has 0 saturated carbocycles. The maximum Gasteiger partial charge on any atom is 0.185 e. The fourth-order valence-corrected chi connectivity index (χ4v) is 1.77. The quantitative estimate of drug-likeness (QED) is 0.810. The van der Waals surface area contributed by atoms with Gasteiger partial charge in [-0.2, -0.15) is 0 Å². The van der Waals surface area contributed by atoms with Crippen LogP contribution in [0.4, 0.5) is 0 Å². The topological polar surface area (TPSA) is 42.9 Å². The van der Waals surface area contributed by atoms with E-state index < -0.39 is 0 Å². The molecule has 4 heteroatoms. The predicted molar refractivity (Wildman–Crippen MR) is 64.2 cm³/mol. The summed E-state index contributed by atoms with van der Waals surface area (Å²) in [6.07, 6.45) is 5.32. The van der Waals surface area contributed by atoms with Gasteiger partial charge >= 0.3 is 0 Å². The summed E-state index contributed by atoms with van der Waals surface area (Å²) in [6, 6.07) is 7.19. The molecule has 0 unspecified atom stereocenters. The molecule has 2 heterocycles. The minimum absolute atomic E-state index is 0.000463. The number of hydrogen-bond acceptors (Lipinski definition) is 3. The summed E-state index contributed by atoms with van der Waals surface area (Å²) in [5.74, 6) is 0.000463. The van der Waals surface area contributed by atoms with Crippen molar-refractivity contribution in [2.45, 2.75) is 6.42 Å². The van der Waals surface area contributed by atoms with Gasteiger partial charge in [-0.15, -0.1) is 0 Å². The number of rotatable bonds is 3. The average molecular weight is 277 g/mol. The van der Waals surface area contributed by atoms with Crippen molar-refractivity contribution < 1.29 is 4.79 Å². The molecule has 0 radical (unpaired) electrons. The zero-order chi connectivity index (χ0) is 11.4. The van der Waals surface area contributed by atoms with Gasteiger partial charge in [0.2, 0.25) is 0 Å². The smallest absolute Gasteiger partial charge is 0.185 e. The number of Topliss-reactive ketones (excluding diaryl/α,β-unsaturated/α-hetero) is 1. The van der Waals surface area contributed by atoms with Gasteiger partial charge in [-0.1, -0.05) is 6.07 Å². The van der Waals surface area contributed by atoms with E-state index in [1.807, 2.05) is 6.07 Å². The first kappa shape index (κ1) is 11.0. The van der Waals surface area contributed by atoms with Crippen LogP contribution in [0.25, 0.3) is 0 Å². The number of pyridine rings is 2. The van der Waals surface area contributed by atoms with Gasteiger partial charge in [0.1, 0.15) is 5.69 Å². The van der Waals surface area contributed by atoms with E-state index in [9.17, 15) is 4.79 Å². The van der Waals surface area contributed by atoms with E-state index in [4.69, 9.17) is 0 Å². The fraction of sp³-hybridized carbons (Fsp3) is 0.0833. The number of carbonyl (C=O) groups is 1. The highest BCUT2D eigenvalue weighted by molar-refractivity contribution is 9.10. The molecular weight excluding hydrogens is 268 g/mol. The first-order valence-electron chi connectivity index (χ1n) is 4.79. The number of aromatic nitrogens is 2. The summed E-state index contributed by atoms with van der Waals surface area (Å²) in [7, 11) is 0. The lowest BCUT2D eigenvalue weighted by Gasteiger charge is -2.00. The molecule has 0 saturated heterocycles. The van der Waals surface area contributed by atoms with Gasteiger partial charge in [0, 0.05) is 29.5 Å². The minimum Gasteiger partial charge on any atom is -0.292 e. The van der Waals surface area contributed by atoms with E-state index in [1.165, 1.54) is 0 Å². The van der Waals surface area contributed by atoms with E-state index >= 15 is 0 Å². The Bertz CT molecular complexity index is 499. The second kappa shape index (κ2) is 4.99. The number of nitrogens with zero attached hydrogens (tertiary/aromatic N) is 2. The van der Waals surface area contributed by atoms with Crippen molar-refractivity contribution >= 4 is 21.7 Å². The van der Waals surface area contributed by atoms with Gasteiger partial charge in [-0.3, -0.25) is 14.8 Å². The number of hydrogen-bond donors (Lipinski definition) is 0. The van der Waals surface area contributed by atoms with Crippen molar-refractivity contribution in [2.24, 2.45) is 0 Å². The van der Waals surface area contributed by atoms with Crippen molar-refractivity contribution in [1.29, 1.82) is 0 Å². The highest BCUT2D eigenvalue weighted by Crippen LogP contribution is 2.11. The summed E-state index contributed by atoms with van der Waals surface area (Å²) in [5, 5.41) is 0. The molecule has 0 aromatic carbocycles. The van der Waals surface area contributed by atoms with Gasteiger partial charge in [-0.05, 0) is 39.7 Å².